The van der Waals surface area contributed by atoms with Gasteiger partial charge in [-0.1, -0.05) is 12.7 Å². The highest BCUT2D eigenvalue weighted by atomic mass is 16.1. The van der Waals surface area contributed by atoms with Crippen molar-refractivity contribution in [3.8, 4) is 0 Å². The smallest absolute Gasteiger partial charge is 0.142 e. The molecule has 36 valence electrons. The fourth-order valence-electron chi connectivity index (χ4n) is 0.169. The van der Waals surface area contributed by atoms with Gasteiger partial charge in [-0.15, -0.1) is 5.73 Å². The predicted octanol–water partition coefficient (Wildman–Crippen LogP) is 1.08. The summed E-state index contributed by atoms with van der Waals surface area (Å²) in [6.07, 6.45) is 5.21. The van der Waals surface area contributed by atoms with Crippen LogP contribution in [-0.2, 0) is 4.79 Å². The maximum Gasteiger partial charge on any atom is 0.142 e. The Hall–Kier alpha value is -1.07. The van der Waals surface area contributed by atoms with Crippen molar-refractivity contribution in [2.24, 2.45) is 0 Å². The first-order valence-corrected chi connectivity index (χ1v) is 1.88. The van der Waals surface area contributed by atoms with E-state index in [4.69, 9.17) is 0 Å². The van der Waals surface area contributed by atoms with Gasteiger partial charge in [-0.05, 0) is 12.2 Å². The van der Waals surface area contributed by atoms with Gasteiger partial charge in [-0.25, -0.2) is 0 Å². The molecule has 0 aliphatic rings. The topological polar surface area (TPSA) is 17.1 Å². The molecule has 7 heavy (non-hydrogen) atoms. The first-order chi connectivity index (χ1) is 3.41. The van der Waals surface area contributed by atoms with E-state index in [0.717, 1.165) is 0 Å². The van der Waals surface area contributed by atoms with E-state index >= 15 is 0 Å². The summed E-state index contributed by atoms with van der Waals surface area (Å²) in [6, 6.07) is 0. The van der Waals surface area contributed by atoms with Crippen LogP contribution in [0.2, 0.25) is 0 Å². The van der Waals surface area contributed by atoms with Crippen molar-refractivity contribution in [2.45, 2.75) is 0 Å². The second kappa shape index (κ2) is 4.93. The zero-order chi connectivity index (χ0) is 5.54. The number of carbonyl (C=O) groups excluding carboxylic acids is 1. The van der Waals surface area contributed by atoms with Crippen LogP contribution in [0.4, 0.5) is 0 Å². The Morgan fingerprint density at radius 2 is 2.14 bits per heavy atom. The highest BCUT2D eigenvalue weighted by Gasteiger charge is 1.54. The van der Waals surface area contributed by atoms with Gasteiger partial charge in [0.05, 0.1) is 0 Å². The lowest BCUT2D eigenvalue weighted by Crippen LogP contribution is -1.52. The molecule has 0 fully saturated rings. The molecule has 1 nitrogen and oxygen atoms in total. The van der Waals surface area contributed by atoms with Gasteiger partial charge in [-0.3, -0.25) is 4.79 Å². The molecular weight excluding hydrogens is 88.1 g/mol. The summed E-state index contributed by atoms with van der Waals surface area (Å²) < 4.78 is 0. The van der Waals surface area contributed by atoms with Gasteiger partial charge in [0, 0.05) is 0 Å². The molecule has 0 aliphatic carbocycles. The van der Waals surface area contributed by atoms with Gasteiger partial charge in [0.15, 0.2) is 0 Å². The highest BCUT2D eigenvalue weighted by molar-refractivity contribution is 5.65. The number of allylic oxidation sites excluding steroid dienone is 3. The van der Waals surface area contributed by atoms with Crippen LogP contribution in [-0.4, -0.2) is 6.29 Å². The van der Waals surface area contributed by atoms with Crippen LogP contribution in [0, 0.1) is 0 Å². The Balaban J connectivity index is 3.47. The average molecular weight is 94.1 g/mol. The molecule has 0 atom stereocenters. The normalized spacial score (nSPS) is 8.00. The highest BCUT2D eigenvalue weighted by Crippen LogP contribution is 1.66. The molecule has 0 bridgehead atoms. The van der Waals surface area contributed by atoms with E-state index in [1.807, 2.05) is 0 Å². The third-order valence-corrected chi connectivity index (χ3v) is 0.404. The summed E-state index contributed by atoms with van der Waals surface area (Å²) in [7, 11) is 0. The molecule has 1 heteroatoms. The van der Waals surface area contributed by atoms with Crippen LogP contribution in [0.1, 0.15) is 0 Å². The Morgan fingerprint density at radius 3 is 2.57 bits per heavy atom. The molecular formula is C6H6O. The molecule has 0 spiro atoms. The third kappa shape index (κ3) is 4.93. The van der Waals surface area contributed by atoms with E-state index < -0.39 is 0 Å². The van der Waals surface area contributed by atoms with E-state index in [2.05, 4.69) is 12.3 Å². The Labute approximate surface area is 42.7 Å². The minimum absolute atomic E-state index is 0.702. The Bertz CT molecular complexity index is 116. The van der Waals surface area contributed by atoms with Crippen LogP contribution >= 0.6 is 0 Å². The lowest BCUT2D eigenvalue weighted by molar-refractivity contribution is -0.104. The largest absolute Gasteiger partial charge is 0.299 e. The summed E-state index contributed by atoms with van der Waals surface area (Å²) in [6.45, 7) is 3.28. The fraction of sp³-hybridized carbons (Fsp3) is 0. The van der Waals surface area contributed by atoms with E-state index in [1.54, 1.807) is 12.2 Å². The molecule has 0 rings (SSSR count). The third-order valence-electron chi connectivity index (χ3n) is 0.404. The number of hydrogen-bond acceptors (Lipinski definition) is 1. The minimum Gasteiger partial charge on any atom is -0.299 e. The van der Waals surface area contributed by atoms with Crippen molar-refractivity contribution >= 4 is 6.29 Å². The number of carbonyl (C=O) groups is 1. The van der Waals surface area contributed by atoms with E-state index in [0.29, 0.717) is 6.29 Å². The van der Waals surface area contributed by atoms with Gasteiger partial charge in [0.2, 0.25) is 0 Å². The molecule has 0 unspecified atom stereocenters. The maximum atomic E-state index is 9.52. The molecule has 0 aliphatic heterocycles. The van der Waals surface area contributed by atoms with Gasteiger partial charge < -0.3 is 0 Å². The van der Waals surface area contributed by atoms with Crippen LogP contribution in [0.15, 0.2) is 30.5 Å². The van der Waals surface area contributed by atoms with Crippen LogP contribution in [0.3, 0.4) is 0 Å². The number of rotatable bonds is 2. The first-order valence-electron chi connectivity index (χ1n) is 1.88. The molecule has 0 amide bonds. The summed E-state index contributed by atoms with van der Waals surface area (Å²) >= 11 is 0. The predicted molar refractivity (Wildman–Crippen MR) is 28.9 cm³/mol. The van der Waals surface area contributed by atoms with E-state index in [9.17, 15) is 4.79 Å². The second-order valence-corrected chi connectivity index (χ2v) is 0.892. The molecule has 0 saturated carbocycles. The first kappa shape index (κ1) is 5.93. The molecule has 0 heterocycles. The summed E-state index contributed by atoms with van der Waals surface area (Å²) in [5, 5.41) is 0. The molecule has 0 radical (unpaired) electrons. The van der Waals surface area contributed by atoms with Gasteiger partial charge >= 0.3 is 0 Å². The van der Waals surface area contributed by atoms with Crippen molar-refractivity contribution in [1.29, 1.82) is 0 Å². The summed E-state index contributed by atoms with van der Waals surface area (Å²) in [5.41, 5.74) is 2.48. The lowest BCUT2D eigenvalue weighted by Gasteiger charge is -1.58. The van der Waals surface area contributed by atoms with Crippen LogP contribution < -0.4 is 0 Å². The summed E-state index contributed by atoms with van der Waals surface area (Å²) in [4.78, 5) is 9.52. The zero-order valence-corrected chi connectivity index (χ0v) is 3.92. The van der Waals surface area contributed by atoms with Gasteiger partial charge in [0.25, 0.3) is 0 Å². The fourth-order valence-corrected chi connectivity index (χ4v) is 0.169. The van der Waals surface area contributed by atoms with Crippen molar-refractivity contribution in [2.75, 3.05) is 0 Å². The number of aldehydes is 1. The van der Waals surface area contributed by atoms with Crippen molar-refractivity contribution in [3.05, 3.63) is 30.5 Å². The summed E-state index contributed by atoms with van der Waals surface area (Å²) in [5.74, 6) is 0. The van der Waals surface area contributed by atoms with Crippen molar-refractivity contribution < 1.29 is 4.79 Å². The molecule has 0 saturated heterocycles. The van der Waals surface area contributed by atoms with Crippen molar-refractivity contribution in [3.63, 3.8) is 0 Å². The van der Waals surface area contributed by atoms with Crippen LogP contribution in [0.25, 0.3) is 0 Å². The van der Waals surface area contributed by atoms with Crippen molar-refractivity contribution in [1.82, 2.24) is 0 Å². The van der Waals surface area contributed by atoms with Gasteiger partial charge in [0.1, 0.15) is 6.29 Å². The standard InChI is InChI=1S/C6H6O/c1-2-3-4-5-6-7/h3-6H,1H2/b5-4+. The molecule has 0 aromatic heterocycles. The second-order valence-electron chi connectivity index (χ2n) is 0.892. The maximum absolute atomic E-state index is 9.52. The quantitative estimate of drug-likeness (QED) is 0.216. The Morgan fingerprint density at radius 1 is 1.43 bits per heavy atom. The number of hydrogen-bond donors (Lipinski definition) is 0. The van der Waals surface area contributed by atoms with Crippen LogP contribution in [0.5, 0.6) is 0 Å². The van der Waals surface area contributed by atoms with E-state index in [-0.39, 0.29) is 0 Å². The molecule has 0 aromatic carbocycles. The monoisotopic (exact) mass is 94.0 g/mol. The lowest BCUT2D eigenvalue weighted by atomic mass is 10.5. The molecule has 0 N–H and O–H groups in total. The SMILES string of the molecule is C=C=C/C=C/C=O. The zero-order valence-electron chi connectivity index (χ0n) is 3.92. The van der Waals surface area contributed by atoms with E-state index in [1.165, 1.54) is 6.08 Å². The minimum atomic E-state index is 0.702. The Kier molecular flexibility index (Phi) is 4.18. The van der Waals surface area contributed by atoms with Gasteiger partial charge in [-0.2, -0.15) is 0 Å². The average Bonchev–Trinajstić information content (AvgIpc) is 1.69. The molecule has 0 aromatic rings.